The van der Waals surface area contributed by atoms with Gasteiger partial charge in [-0.05, 0) is 23.9 Å². The van der Waals surface area contributed by atoms with Crippen molar-refractivity contribution in [1.82, 2.24) is 20.2 Å². The quantitative estimate of drug-likeness (QED) is 0.765. The highest BCUT2D eigenvalue weighted by atomic mass is 35.5. The maximum Gasteiger partial charge on any atom is 0.338 e. The number of nitrogens with two attached hydrogens (primary N) is 1. The number of aromatic amines is 1. The molecule has 0 saturated heterocycles. The van der Waals surface area contributed by atoms with E-state index in [0.29, 0.717) is 10.2 Å². The Balaban J connectivity index is 0.00000144. The monoisotopic (exact) mass is 273 g/mol. The molecule has 0 amide bonds. The van der Waals surface area contributed by atoms with Crippen LogP contribution >= 0.6 is 24.2 Å². The molecule has 4 N–H and O–H groups in total. The third kappa shape index (κ3) is 3.08. The molecule has 17 heavy (non-hydrogen) atoms. The van der Waals surface area contributed by atoms with Crippen LogP contribution in [0, 0.1) is 0 Å². The highest BCUT2D eigenvalue weighted by Gasteiger charge is 2.13. The first-order valence-corrected chi connectivity index (χ1v) is 5.02. The standard InChI is InChI=1S/C8H7N5O2S.ClH/c9-7-11-8(13-12-7)16-5-4(6(14)15)2-1-3-10-5;/h1-3H,(H,14,15)(H3,9,11,12,13);1H. The molecular formula is C8H8ClN5O2S. The number of nitrogens with zero attached hydrogens (tertiary/aromatic N) is 3. The van der Waals surface area contributed by atoms with Crippen molar-refractivity contribution >= 4 is 36.1 Å². The summed E-state index contributed by atoms with van der Waals surface area (Å²) in [5.41, 5.74) is 5.46. The fourth-order valence-electron chi connectivity index (χ4n) is 1.03. The number of pyridine rings is 1. The summed E-state index contributed by atoms with van der Waals surface area (Å²) in [6.45, 7) is 0. The van der Waals surface area contributed by atoms with Crippen LogP contribution in [0.15, 0.2) is 28.5 Å². The average molecular weight is 274 g/mol. The van der Waals surface area contributed by atoms with E-state index in [1.807, 2.05) is 0 Å². The number of halogens is 1. The zero-order valence-corrected chi connectivity index (χ0v) is 9.96. The Labute approximate surface area is 106 Å². The van der Waals surface area contributed by atoms with Crippen molar-refractivity contribution in [3.63, 3.8) is 0 Å². The zero-order chi connectivity index (χ0) is 11.5. The van der Waals surface area contributed by atoms with Crippen LogP contribution in [0.1, 0.15) is 10.4 Å². The van der Waals surface area contributed by atoms with Crippen molar-refractivity contribution in [2.75, 3.05) is 5.73 Å². The molecule has 0 spiro atoms. The minimum Gasteiger partial charge on any atom is -0.478 e. The summed E-state index contributed by atoms with van der Waals surface area (Å²) < 4.78 is 0. The molecule has 0 aromatic carbocycles. The summed E-state index contributed by atoms with van der Waals surface area (Å²) in [6, 6.07) is 3.02. The first-order valence-electron chi connectivity index (χ1n) is 4.21. The lowest BCUT2D eigenvalue weighted by Gasteiger charge is -2.00. The number of carbonyl (C=O) groups is 1. The Morgan fingerprint density at radius 1 is 1.53 bits per heavy atom. The van der Waals surface area contributed by atoms with Gasteiger partial charge in [-0.2, -0.15) is 4.98 Å². The number of hydrogen-bond acceptors (Lipinski definition) is 6. The van der Waals surface area contributed by atoms with Crippen LogP contribution in [0.2, 0.25) is 0 Å². The molecule has 0 bridgehead atoms. The highest BCUT2D eigenvalue weighted by molar-refractivity contribution is 7.99. The van der Waals surface area contributed by atoms with E-state index >= 15 is 0 Å². The summed E-state index contributed by atoms with van der Waals surface area (Å²) in [5, 5.41) is 15.8. The number of hydrogen-bond donors (Lipinski definition) is 3. The Bertz CT molecular complexity index is 532. The van der Waals surface area contributed by atoms with E-state index in [2.05, 4.69) is 20.2 Å². The molecule has 90 valence electrons. The number of nitrogen functional groups attached to an aromatic ring is 1. The first kappa shape index (κ1) is 13.3. The summed E-state index contributed by atoms with van der Waals surface area (Å²) in [4.78, 5) is 18.7. The molecule has 2 rings (SSSR count). The van der Waals surface area contributed by atoms with Gasteiger partial charge in [0.25, 0.3) is 0 Å². The van der Waals surface area contributed by atoms with Gasteiger partial charge in [0.15, 0.2) is 0 Å². The number of aromatic nitrogens is 4. The van der Waals surface area contributed by atoms with Gasteiger partial charge in [0.2, 0.25) is 11.1 Å². The van der Waals surface area contributed by atoms with Gasteiger partial charge in [-0.3, -0.25) is 0 Å². The topological polar surface area (TPSA) is 118 Å². The number of nitrogens with one attached hydrogen (secondary N) is 1. The molecule has 0 atom stereocenters. The summed E-state index contributed by atoms with van der Waals surface area (Å²) in [6.07, 6.45) is 1.50. The van der Waals surface area contributed by atoms with Gasteiger partial charge in [0, 0.05) is 6.20 Å². The van der Waals surface area contributed by atoms with Crippen molar-refractivity contribution in [2.24, 2.45) is 0 Å². The van der Waals surface area contributed by atoms with Gasteiger partial charge in [-0.1, -0.05) is 0 Å². The maximum absolute atomic E-state index is 10.9. The van der Waals surface area contributed by atoms with Gasteiger partial charge in [-0.15, -0.1) is 17.5 Å². The average Bonchev–Trinajstić information content (AvgIpc) is 2.64. The minimum absolute atomic E-state index is 0. The molecule has 2 aromatic heterocycles. The zero-order valence-electron chi connectivity index (χ0n) is 8.32. The Morgan fingerprint density at radius 2 is 2.29 bits per heavy atom. The lowest BCUT2D eigenvalue weighted by Crippen LogP contribution is -2.00. The first-order chi connectivity index (χ1) is 7.66. The molecule has 2 heterocycles. The van der Waals surface area contributed by atoms with Crippen LogP contribution in [0.25, 0.3) is 0 Å². The number of carboxylic acid groups (broad SMARTS) is 1. The maximum atomic E-state index is 10.9. The molecule has 0 fully saturated rings. The van der Waals surface area contributed by atoms with Crippen LogP contribution < -0.4 is 5.73 Å². The van der Waals surface area contributed by atoms with E-state index in [9.17, 15) is 4.79 Å². The summed E-state index contributed by atoms with van der Waals surface area (Å²) >= 11 is 1.04. The van der Waals surface area contributed by atoms with E-state index in [1.54, 1.807) is 6.07 Å². The van der Waals surface area contributed by atoms with Gasteiger partial charge >= 0.3 is 5.97 Å². The van der Waals surface area contributed by atoms with E-state index < -0.39 is 5.97 Å². The largest absolute Gasteiger partial charge is 0.478 e. The van der Waals surface area contributed by atoms with E-state index in [1.165, 1.54) is 12.3 Å². The Morgan fingerprint density at radius 3 is 2.88 bits per heavy atom. The normalized spacial score (nSPS) is 9.65. The van der Waals surface area contributed by atoms with Crippen LogP contribution in [0.3, 0.4) is 0 Å². The second kappa shape index (κ2) is 5.51. The van der Waals surface area contributed by atoms with Crippen LogP contribution in [-0.2, 0) is 0 Å². The summed E-state index contributed by atoms with van der Waals surface area (Å²) in [7, 11) is 0. The number of rotatable bonds is 3. The number of H-pyrrole nitrogens is 1. The van der Waals surface area contributed by atoms with Crippen LogP contribution in [0.4, 0.5) is 5.95 Å². The molecular weight excluding hydrogens is 266 g/mol. The number of carboxylic acids is 1. The van der Waals surface area contributed by atoms with E-state index in [4.69, 9.17) is 10.8 Å². The smallest absolute Gasteiger partial charge is 0.338 e. The SMILES string of the molecule is Cl.Nc1nc(Sc2ncccc2C(=O)O)n[nH]1. The van der Waals surface area contributed by atoms with Crippen molar-refractivity contribution in [3.8, 4) is 0 Å². The van der Waals surface area contributed by atoms with Crippen molar-refractivity contribution in [3.05, 3.63) is 23.9 Å². The number of anilines is 1. The molecule has 0 radical (unpaired) electrons. The molecule has 9 heteroatoms. The Hall–Kier alpha value is -1.80. The van der Waals surface area contributed by atoms with E-state index in [0.717, 1.165) is 11.8 Å². The van der Waals surface area contributed by atoms with Gasteiger partial charge in [0.05, 0.1) is 5.56 Å². The third-order valence-electron chi connectivity index (χ3n) is 1.67. The molecule has 0 saturated carbocycles. The highest BCUT2D eigenvalue weighted by Crippen LogP contribution is 2.25. The van der Waals surface area contributed by atoms with Gasteiger partial charge in [-0.25, -0.2) is 14.9 Å². The minimum atomic E-state index is -1.04. The van der Waals surface area contributed by atoms with Gasteiger partial charge < -0.3 is 10.8 Å². The van der Waals surface area contributed by atoms with Crippen LogP contribution in [-0.4, -0.2) is 31.2 Å². The lowest BCUT2D eigenvalue weighted by atomic mass is 10.3. The van der Waals surface area contributed by atoms with Crippen molar-refractivity contribution in [1.29, 1.82) is 0 Å². The van der Waals surface area contributed by atoms with Crippen molar-refractivity contribution < 1.29 is 9.90 Å². The predicted octanol–water partition coefficient (Wildman–Crippen LogP) is 1.05. The fourth-order valence-corrected chi connectivity index (χ4v) is 1.81. The summed E-state index contributed by atoms with van der Waals surface area (Å²) in [5.74, 6) is -0.866. The molecule has 0 aliphatic rings. The molecule has 7 nitrogen and oxygen atoms in total. The molecule has 0 aliphatic carbocycles. The lowest BCUT2D eigenvalue weighted by molar-refractivity contribution is 0.0692. The van der Waals surface area contributed by atoms with E-state index in [-0.39, 0.29) is 23.9 Å². The van der Waals surface area contributed by atoms with Crippen molar-refractivity contribution in [2.45, 2.75) is 10.2 Å². The third-order valence-corrected chi connectivity index (χ3v) is 2.56. The second-order valence-corrected chi connectivity index (χ2v) is 3.72. The van der Waals surface area contributed by atoms with Crippen LogP contribution in [0.5, 0.6) is 0 Å². The Kier molecular flexibility index (Phi) is 4.30. The molecule has 2 aromatic rings. The number of aromatic carboxylic acids is 1. The molecule has 0 aliphatic heterocycles. The molecule has 0 unspecified atom stereocenters. The van der Waals surface area contributed by atoms with Gasteiger partial charge in [0.1, 0.15) is 5.03 Å². The predicted molar refractivity (Wildman–Crippen MR) is 63.4 cm³/mol. The second-order valence-electron chi connectivity index (χ2n) is 2.77. The fraction of sp³-hybridized carbons (Fsp3) is 0.